The molecule has 28 heavy (non-hydrogen) atoms. The number of anilines is 1. The van der Waals surface area contributed by atoms with Crippen LogP contribution < -0.4 is 5.32 Å². The highest BCUT2D eigenvalue weighted by atomic mass is 32.2. The topological polar surface area (TPSA) is 92.8 Å². The highest BCUT2D eigenvalue weighted by Crippen LogP contribution is 2.19. The molecular formula is C20H24N2O5S. The first-order valence-corrected chi connectivity index (χ1v) is 10.1. The summed E-state index contributed by atoms with van der Waals surface area (Å²) in [6.45, 7) is 5.17. The molecule has 0 unspecified atom stereocenters. The Labute approximate surface area is 165 Å². The van der Waals surface area contributed by atoms with Crippen LogP contribution in [0.3, 0.4) is 0 Å². The van der Waals surface area contributed by atoms with Gasteiger partial charge in [-0.1, -0.05) is 23.8 Å². The number of sulfonamides is 1. The third-order valence-corrected chi connectivity index (χ3v) is 5.95. The van der Waals surface area contributed by atoms with Gasteiger partial charge >= 0.3 is 5.97 Å². The molecule has 0 radical (unpaired) electrons. The van der Waals surface area contributed by atoms with Gasteiger partial charge in [-0.05, 0) is 50.6 Å². The van der Waals surface area contributed by atoms with Crippen LogP contribution in [0.25, 0.3) is 0 Å². The van der Waals surface area contributed by atoms with Crippen molar-refractivity contribution in [1.29, 1.82) is 0 Å². The quantitative estimate of drug-likeness (QED) is 0.748. The van der Waals surface area contributed by atoms with Gasteiger partial charge in [0, 0.05) is 19.8 Å². The minimum absolute atomic E-state index is 0.0511. The Hall–Kier alpha value is -2.71. The predicted molar refractivity (Wildman–Crippen MR) is 107 cm³/mol. The van der Waals surface area contributed by atoms with E-state index in [2.05, 4.69) is 5.32 Å². The van der Waals surface area contributed by atoms with Crippen LogP contribution in [-0.2, 0) is 19.6 Å². The van der Waals surface area contributed by atoms with Crippen LogP contribution in [0, 0.1) is 13.8 Å². The third kappa shape index (κ3) is 4.96. The van der Waals surface area contributed by atoms with E-state index in [0.29, 0.717) is 11.3 Å². The van der Waals surface area contributed by atoms with Crippen molar-refractivity contribution in [1.82, 2.24) is 4.31 Å². The molecule has 7 nitrogen and oxygen atoms in total. The molecule has 0 bridgehead atoms. The van der Waals surface area contributed by atoms with E-state index in [0.717, 1.165) is 15.4 Å². The van der Waals surface area contributed by atoms with Crippen molar-refractivity contribution >= 4 is 27.6 Å². The van der Waals surface area contributed by atoms with E-state index in [1.54, 1.807) is 25.1 Å². The number of nitrogens with one attached hydrogen (secondary N) is 1. The van der Waals surface area contributed by atoms with Gasteiger partial charge in [0.15, 0.2) is 6.10 Å². The van der Waals surface area contributed by atoms with Gasteiger partial charge in [-0.2, -0.15) is 0 Å². The van der Waals surface area contributed by atoms with Crippen molar-refractivity contribution in [2.75, 3.05) is 19.4 Å². The van der Waals surface area contributed by atoms with Crippen LogP contribution in [0.15, 0.2) is 47.4 Å². The maximum atomic E-state index is 12.4. The second kappa shape index (κ2) is 8.53. The number of aryl methyl sites for hydroxylation is 2. The number of esters is 1. The Bertz CT molecular complexity index is 999. The summed E-state index contributed by atoms with van der Waals surface area (Å²) in [4.78, 5) is 24.7. The Morgan fingerprint density at radius 3 is 2.36 bits per heavy atom. The monoisotopic (exact) mass is 404 g/mol. The number of benzene rings is 2. The van der Waals surface area contributed by atoms with Gasteiger partial charge in [0.1, 0.15) is 0 Å². The van der Waals surface area contributed by atoms with Crippen LogP contribution in [0.2, 0.25) is 0 Å². The van der Waals surface area contributed by atoms with Crippen molar-refractivity contribution in [3.8, 4) is 0 Å². The molecule has 8 heteroatoms. The Morgan fingerprint density at radius 2 is 1.75 bits per heavy atom. The number of hydrogen-bond acceptors (Lipinski definition) is 5. The number of rotatable bonds is 6. The minimum Gasteiger partial charge on any atom is -0.449 e. The van der Waals surface area contributed by atoms with Crippen molar-refractivity contribution in [2.45, 2.75) is 31.8 Å². The summed E-state index contributed by atoms with van der Waals surface area (Å²) in [5, 5.41) is 2.57. The second-order valence-corrected chi connectivity index (χ2v) is 8.82. The molecule has 0 saturated heterocycles. The van der Waals surface area contributed by atoms with Crippen LogP contribution in [0.1, 0.15) is 28.4 Å². The molecule has 1 amide bonds. The average molecular weight is 404 g/mol. The Kier molecular flexibility index (Phi) is 6.58. The Balaban J connectivity index is 2.09. The van der Waals surface area contributed by atoms with E-state index < -0.39 is 28.0 Å². The maximum Gasteiger partial charge on any atom is 0.339 e. The molecule has 0 aliphatic carbocycles. The van der Waals surface area contributed by atoms with Crippen LogP contribution >= 0.6 is 0 Å². The van der Waals surface area contributed by atoms with E-state index >= 15 is 0 Å². The van der Waals surface area contributed by atoms with Crippen LogP contribution in [-0.4, -0.2) is 44.8 Å². The van der Waals surface area contributed by atoms with E-state index in [4.69, 9.17) is 4.74 Å². The average Bonchev–Trinajstić information content (AvgIpc) is 2.61. The number of nitrogens with zero attached hydrogens (tertiary/aromatic N) is 1. The zero-order valence-corrected chi connectivity index (χ0v) is 17.3. The minimum atomic E-state index is -3.62. The first kappa shape index (κ1) is 21.6. The SMILES string of the molecule is Cc1ccc(C(=O)O[C@@H](C)C(=O)Nc2cccc(S(=O)(=O)N(C)C)c2)c(C)c1. The molecule has 0 aliphatic rings. The molecule has 2 aromatic rings. The Morgan fingerprint density at radius 1 is 1.07 bits per heavy atom. The molecule has 0 aliphatic heterocycles. The van der Waals surface area contributed by atoms with Gasteiger partial charge in [0.2, 0.25) is 10.0 Å². The van der Waals surface area contributed by atoms with Crippen molar-refractivity contribution < 1.29 is 22.7 Å². The number of ether oxygens (including phenoxy) is 1. The van der Waals surface area contributed by atoms with Gasteiger partial charge < -0.3 is 10.1 Å². The van der Waals surface area contributed by atoms with Gasteiger partial charge in [-0.25, -0.2) is 17.5 Å². The fourth-order valence-electron chi connectivity index (χ4n) is 2.51. The molecular weight excluding hydrogens is 380 g/mol. The standard InChI is InChI=1S/C20H24N2O5S/c1-13-9-10-18(14(2)11-13)20(24)27-15(3)19(23)21-16-7-6-8-17(12-16)28(25,26)22(4)5/h6-12,15H,1-5H3,(H,21,23)/t15-/m0/s1. The lowest BCUT2D eigenvalue weighted by atomic mass is 10.1. The molecule has 0 spiro atoms. The summed E-state index contributed by atoms with van der Waals surface area (Å²) in [5.74, 6) is -1.15. The number of hydrogen-bond donors (Lipinski definition) is 1. The molecule has 0 saturated carbocycles. The molecule has 1 N–H and O–H groups in total. The zero-order chi connectivity index (χ0) is 21.1. The van der Waals surface area contributed by atoms with Gasteiger partial charge in [0.05, 0.1) is 10.5 Å². The fourth-order valence-corrected chi connectivity index (χ4v) is 3.46. The highest BCUT2D eigenvalue weighted by Gasteiger charge is 2.22. The van der Waals surface area contributed by atoms with Crippen molar-refractivity contribution in [3.63, 3.8) is 0 Å². The molecule has 2 aromatic carbocycles. The summed E-state index contributed by atoms with van der Waals surface area (Å²) in [5.41, 5.74) is 2.47. The summed E-state index contributed by atoms with van der Waals surface area (Å²) in [6, 6.07) is 11.2. The highest BCUT2D eigenvalue weighted by molar-refractivity contribution is 7.89. The van der Waals surface area contributed by atoms with Crippen LogP contribution in [0.4, 0.5) is 5.69 Å². The van der Waals surface area contributed by atoms with Gasteiger partial charge in [-0.15, -0.1) is 0 Å². The zero-order valence-electron chi connectivity index (χ0n) is 16.5. The number of amides is 1. The number of carbonyl (C=O) groups excluding carboxylic acids is 2. The molecule has 1 atom stereocenters. The lowest BCUT2D eigenvalue weighted by Crippen LogP contribution is -2.30. The predicted octanol–water partition coefficient (Wildman–Crippen LogP) is 2.74. The second-order valence-electron chi connectivity index (χ2n) is 6.67. The van der Waals surface area contributed by atoms with E-state index in [-0.39, 0.29) is 4.90 Å². The largest absolute Gasteiger partial charge is 0.449 e. The summed E-state index contributed by atoms with van der Waals surface area (Å²) in [6.07, 6.45) is -1.05. The maximum absolute atomic E-state index is 12.4. The number of carbonyl (C=O) groups is 2. The third-order valence-electron chi connectivity index (χ3n) is 4.14. The normalized spacial score (nSPS) is 12.5. The molecule has 0 aromatic heterocycles. The molecule has 0 heterocycles. The lowest BCUT2D eigenvalue weighted by Gasteiger charge is -2.16. The van der Waals surface area contributed by atoms with Crippen molar-refractivity contribution in [3.05, 3.63) is 59.2 Å². The fraction of sp³-hybridized carbons (Fsp3) is 0.300. The van der Waals surface area contributed by atoms with Crippen LogP contribution in [0.5, 0.6) is 0 Å². The smallest absolute Gasteiger partial charge is 0.339 e. The molecule has 150 valence electrons. The molecule has 2 rings (SSSR count). The summed E-state index contributed by atoms with van der Waals surface area (Å²) < 4.78 is 30.7. The summed E-state index contributed by atoms with van der Waals surface area (Å²) in [7, 11) is -0.771. The van der Waals surface area contributed by atoms with E-state index in [1.165, 1.54) is 39.2 Å². The molecule has 0 fully saturated rings. The summed E-state index contributed by atoms with van der Waals surface area (Å²) >= 11 is 0. The van der Waals surface area contributed by atoms with E-state index in [9.17, 15) is 18.0 Å². The van der Waals surface area contributed by atoms with Gasteiger partial charge in [0.25, 0.3) is 5.91 Å². The first-order chi connectivity index (χ1) is 13.0. The van der Waals surface area contributed by atoms with E-state index in [1.807, 2.05) is 13.0 Å². The van der Waals surface area contributed by atoms with Gasteiger partial charge in [-0.3, -0.25) is 4.79 Å². The first-order valence-electron chi connectivity index (χ1n) is 8.64. The lowest BCUT2D eigenvalue weighted by molar-refractivity contribution is -0.123. The van der Waals surface area contributed by atoms with Crippen molar-refractivity contribution in [2.24, 2.45) is 0 Å².